The summed E-state index contributed by atoms with van der Waals surface area (Å²) in [6.45, 7) is 3.68. The molecule has 4 heteroatoms. The number of halogens is 1. The lowest BCUT2D eigenvalue weighted by atomic mass is 10.1. The molecule has 0 heterocycles. The SMILES string of the molecule is CC(C)NC(=O)C(O)c1ccc(Cl)cc1. The van der Waals surface area contributed by atoms with Crippen LogP contribution in [-0.2, 0) is 4.79 Å². The lowest BCUT2D eigenvalue weighted by Crippen LogP contribution is -2.34. The molecule has 3 nitrogen and oxygen atoms in total. The molecule has 15 heavy (non-hydrogen) atoms. The van der Waals surface area contributed by atoms with Gasteiger partial charge in [-0.1, -0.05) is 23.7 Å². The molecular formula is C11H14ClNO2. The van der Waals surface area contributed by atoms with Crippen molar-refractivity contribution in [3.63, 3.8) is 0 Å². The van der Waals surface area contributed by atoms with E-state index in [2.05, 4.69) is 5.32 Å². The molecule has 0 aliphatic carbocycles. The minimum Gasteiger partial charge on any atom is -0.378 e. The quantitative estimate of drug-likeness (QED) is 0.829. The maximum absolute atomic E-state index is 11.4. The minimum absolute atomic E-state index is 0.0134. The monoisotopic (exact) mass is 227 g/mol. The Hall–Kier alpha value is -1.06. The zero-order valence-corrected chi connectivity index (χ0v) is 9.45. The molecule has 2 N–H and O–H groups in total. The second kappa shape index (κ2) is 5.14. The molecule has 0 saturated heterocycles. The van der Waals surface area contributed by atoms with E-state index in [1.807, 2.05) is 13.8 Å². The Morgan fingerprint density at radius 2 is 1.87 bits per heavy atom. The standard InChI is InChI=1S/C11H14ClNO2/c1-7(2)13-11(15)10(14)8-3-5-9(12)6-4-8/h3-7,10,14H,1-2H3,(H,13,15). The number of aliphatic hydroxyl groups excluding tert-OH is 1. The number of rotatable bonds is 3. The molecule has 0 saturated carbocycles. The number of nitrogens with one attached hydrogen (secondary N) is 1. The second-order valence-corrected chi connectivity index (χ2v) is 4.05. The molecule has 0 fully saturated rings. The van der Waals surface area contributed by atoms with E-state index in [4.69, 9.17) is 11.6 Å². The van der Waals surface area contributed by atoms with E-state index in [9.17, 15) is 9.90 Å². The van der Waals surface area contributed by atoms with Gasteiger partial charge in [-0.2, -0.15) is 0 Å². The van der Waals surface area contributed by atoms with Crippen LogP contribution in [0.5, 0.6) is 0 Å². The molecule has 1 unspecified atom stereocenters. The zero-order valence-electron chi connectivity index (χ0n) is 8.70. The van der Waals surface area contributed by atoms with E-state index < -0.39 is 12.0 Å². The first-order valence-electron chi connectivity index (χ1n) is 4.74. The van der Waals surface area contributed by atoms with Crippen LogP contribution >= 0.6 is 11.6 Å². The molecule has 1 aromatic rings. The average molecular weight is 228 g/mol. The smallest absolute Gasteiger partial charge is 0.253 e. The van der Waals surface area contributed by atoms with Crippen LogP contribution in [0.25, 0.3) is 0 Å². The van der Waals surface area contributed by atoms with Crippen LogP contribution in [0.3, 0.4) is 0 Å². The summed E-state index contributed by atoms with van der Waals surface area (Å²) in [5, 5.41) is 12.9. The highest BCUT2D eigenvalue weighted by atomic mass is 35.5. The number of benzene rings is 1. The van der Waals surface area contributed by atoms with Gasteiger partial charge in [0.1, 0.15) is 0 Å². The van der Waals surface area contributed by atoms with Crippen molar-refractivity contribution in [3.8, 4) is 0 Å². The predicted octanol–water partition coefficient (Wildman–Crippen LogP) is 1.90. The van der Waals surface area contributed by atoms with Crippen LogP contribution in [0.15, 0.2) is 24.3 Å². The number of carbonyl (C=O) groups is 1. The summed E-state index contributed by atoms with van der Waals surface area (Å²) in [5.41, 5.74) is 0.539. The van der Waals surface area contributed by atoms with Crippen molar-refractivity contribution in [2.75, 3.05) is 0 Å². The van der Waals surface area contributed by atoms with E-state index in [0.717, 1.165) is 0 Å². The third-order valence-corrected chi connectivity index (χ3v) is 2.12. The highest BCUT2D eigenvalue weighted by Crippen LogP contribution is 2.16. The van der Waals surface area contributed by atoms with Gasteiger partial charge in [-0.05, 0) is 31.5 Å². The van der Waals surface area contributed by atoms with E-state index in [0.29, 0.717) is 10.6 Å². The molecule has 0 bridgehead atoms. The molecule has 0 aliphatic rings. The van der Waals surface area contributed by atoms with Crippen molar-refractivity contribution in [1.29, 1.82) is 0 Å². The number of hydrogen-bond acceptors (Lipinski definition) is 2. The molecule has 1 atom stereocenters. The largest absolute Gasteiger partial charge is 0.378 e. The van der Waals surface area contributed by atoms with Gasteiger partial charge in [0.2, 0.25) is 0 Å². The predicted molar refractivity (Wildman–Crippen MR) is 59.7 cm³/mol. The molecule has 1 aromatic carbocycles. The maximum atomic E-state index is 11.4. The molecule has 0 spiro atoms. The third kappa shape index (κ3) is 3.53. The van der Waals surface area contributed by atoms with Crippen molar-refractivity contribution in [2.24, 2.45) is 0 Å². The summed E-state index contributed by atoms with van der Waals surface area (Å²) in [4.78, 5) is 11.4. The van der Waals surface area contributed by atoms with E-state index in [-0.39, 0.29) is 6.04 Å². The minimum atomic E-state index is -1.13. The van der Waals surface area contributed by atoms with Gasteiger partial charge in [0.25, 0.3) is 5.91 Å². The van der Waals surface area contributed by atoms with Crippen LogP contribution in [0.1, 0.15) is 25.5 Å². The van der Waals surface area contributed by atoms with Gasteiger partial charge in [-0.25, -0.2) is 0 Å². The first-order chi connectivity index (χ1) is 7.00. The lowest BCUT2D eigenvalue weighted by Gasteiger charge is -2.13. The van der Waals surface area contributed by atoms with Crippen molar-refractivity contribution in [2.45, 2.75) is 26.0 Å². The normalized spacial score (nSPS) is 12.6. The Kier molecular flexibility index (Phi) is 4.12. The average Bonchev–Trinajstić information content (AvgIpc) is 2.17. The van der Waals surface area contributed by atoms with Gasteiger partial charge in [0.05, 0.1) is 0 Å². The summed E-state index contributed by atoms with van der Waals surface area (Å²) >= 11 is 5.70. The second-order valence-electron chi connectivity index (χ2n) is 3.62. The molecule has 0 aliphatic heterocycles. The van der Waals surface area contributed by atoms with Gasteiger partial charge in [0.15, 0.2) is 6.10 Å². The Morgan fingerprint density at radius 3 is 2.33 bits per heavy atom. The highest BCUT2D eigenvalue weighted by Gasteiger charge is 2.17. The molecule has 0 radical (unpaired) electrons. The summed E-state index contributed by atoms with van der Waals surface area (Å²) in [5.74, 6) is -0.396. The van der Waals surface area contributed by atoms with E-state index >= 15 is 0 Å². The van der Waals surface area contributed by atoms with Gasteiger partial charge >= 0.3 is 0 Å². The van der Waals surface area contributed by atoms with Gasteiger partial charge in [-0.3, -0.25) is 4.79 Å². The Balaban J connectivity index is 2.71. The van der Waals surface area contributed by atoms with Crippen molar-refractivity contribution >= 4 is 17.5 Å². The molecule has 82 valence electrons. The number of hydrogen-bond donors (Lipinski definition) is 2. The maximum Gasteiger partial charge on any atom is 0.253 e. The fourth-order valence-electron chi connectivity index (χ4n) is 1.16. The van der Waals surface area contributed by atoms with Gasteiger partial charge in [0, 0.05) is 11.1 Å². The highest BCUT2D eigenvalue weighted by molar-refractivity contribution is 6.30. The fourth-order valence-corrected chi connectivity index (χ4v) is 1.29. The first kappa shape index (κ1) is 12.0. The topological polar surface area (TPSA) is 49.3 Å². The van der Waals surface area contributed by atoms with Crippen LogP contribution in [0, 0.1) is 0 Å². The zero-order chi connectivity index (χ0) is 11.4. The first-order valence-corrected chi connectivity index (χ1v) is 5.12. The third-order valence-electron chi connectivity index (χ3n) is 1.87. The Morgan fingerprint density at radius 1 is 1.33 bits per heavy atom. The number of amides is 1. The van der Waals surface area contributed by atoms with E-state index in [1.54, 1.807) is 24.3 Å². The Bertz CT molecular complexity index is 335. The van der Waals surface area contributed by atoms with Crippen LogP contribution < -0.4 is 5.32 Å². The fraction of sp³-hybridized carbons (Fsp3) is 0.364. The number of aliphatic hydroxyl groups is 1. The lowest BCUT2D eigenvalue weighted by molar-refractivity contribution is -0.130. The molecule has 1 rings (SSSR count). The molecular weight excluding hydrogens is 214 g/mol. The Labute approximate surface area is 94.1 Å². The molecule has 1 amide bonds. The van der Waals surface area contributed by atoms with Gasteiger partial charge < -0.3 is 10.4 Å². The van der Waals surface area contributed by atoms with Crippen LogP contribution in [0.4, 0.5) is 0 Å². The van der Waals surface area contributed by atoms with Crippen molar-refractivity contribution in [3.05, 3.63) is 34.9 Å². The van der Waals surface area contributed by atoms with Gasteiger partial charge in [-0.15, -0.1) is 0 Å². The summed E-state index contributed by atoms with van der Waals surface area (Å²) in [6, 6.07) is 6.56. The van der Waals surface area contributed by atoms with Crippen molar-refractivity contribution in [1.82, 2.24) is 5.32 Å². The molecule has 0 aromatic heterocycles. The van der Waals surface area contributed by atoms with Crippen LogP contribution in [-0.4, -0.2) is 17.1 Å². The summed E-state index contributed by atoms with van der Waals surface area (Å²) in [6.07, 6.45) is -1.13. The summed E-state index contributed by atoms with van der Waals surface area (Å²) in [7, 11) is 0. The van der Waals surface area contributed by atoms with Crippen LogP contribution in [0.2, 0.25) is 5.02 Å². The van der Waals surface area contributed by atoms with Crippen molar-refractivity contribution < 1.29 is 9.90 Å². The van der Waals surface area contributed by atoms with E-state index in [1.165, 1.54) is 0 Å². The summed E-state index contributed by atoms with van der Waals surface area (Å²) < 4.78 is 0. The number of carbonyl (C=O) groups excluding carboxylic acids is 1.